The first kappa shape index (κ1) is 13.9. The standard InChI is InChI=1S/C17H17N5O/c1-3-15-17-13-5-4-11(12-9-18-21(2)10-12)8-14(13)16(23)6-7-22(17)20-19-15/h4-5,8-10H,3,6-7H2,1-2H3. The van der Waals surface area contributed by atoms with Crippen molar-refractivity contribution in [3.8, 4) is 22.4 Å². The topological polar surface area (TPSA) is 65.6 Å². The van der Waals surface area contributed by atoms with Crippen LogP contribution < -0.4 is 0 Å². The van der Waals surface area contributed by atoms with Gasteiger partial charge in [-0.15, -0.1) is 5.10 Å². The van der Waals surface area contributed by atoms with Gasteiger partial charge in [0.05, 0.1) is 24.1 Å². The highest BCUT2D eigenvalue weighted by Crippen LogP contribution is 2.33. The van der Waals surface area contributed by atoms with Crippen LogP contribution in [0.15, 0.2) is 30.6 Å². The summed E-state index contributed by atoms with van der Waals surface area (Å²) in [6.07, 6.45) is 5.01. The zero-order valence-electron chi connectivity index (χ0n) is 13.2. The van der Waals surface area contributed by atoms with E-state index in [0.717, 1.165) is 40.1 Å². The quantitative estimate of drug-likeness (QED) is 0.729. The van der Waals surface area contributed by atoms with Crippen LogP contribution in [0.3, 0.4) is 0 Å². The second kappa shape index (κ2) is 5.15. The van der Waals surface area contributed by atoms with Gasteiger partial charge in [-0.25, -0.2) is 4.68 Å². The van der Waals surface area contributed by atoms with Crippen LogP contribution in [0, 0.1) is 0 Å². The molecule has 4 rings (SSSR count). The molecule has 6 nitrogen and oxygen atoms in total. The van der Waals surface area contributed by atoms with E-state index < -0.39 is 0 Å². The van der Waals surface area contributed by atoms with E-state index >= 15 is 0 Å². The molecule has 1 aliphatic rings. The first-order valence-corrected chi connectivity index (χ1v) is 7.76. The first-order chi connectivity index (χ1) is 11.2. The van der Waals surface area contributed by atoms with E-state index in [9.17, 15) is 4.79 Å². The molecular weight excluding hydrogens is 290 g/mol. The van der Waals surface area contributed by atoms with Crippen LogP contribution in [-0.2, 0) is 20.0 Å². The molecule has 0 atom stereocenters. The Hall–Kier alpha value is -2.76. The Morgan fingerprint density at radius 3 is 2.83 bits per heavy atom. The van der Waals surface area contributed by atoms with Gasteiger partial charge in [0.1, 0.15) is 0 Å². The summed E-state index contributed by atoms with van der Waals surface area (Å²) in [5.41, 5.74) is 5.61. The Morgan fingerprint density at radius 2 is 2.09 bits per heavy atom. The second-order valence-electron chi connectivity index (χ2n) is 5.80. The Labute approximate surface area is 133 Å². The molecule has 0 spiro atoms. The zero-order valence-corrected chi connectivity index (χ0v) is 13.2. The summed E-state index contributed by atoms with van der Waals surface area (Å²) in [6.45, 7) is 2.64. The normalized spacial score (nSPS) is 13.6. The molecular formula is C17H17N5O. The van der Waals surface area contributed by atoms with Gasteiger partial charge in [0.2, 0.25) is 0 Å². The van der Waals surface area contributed by atoms with Gasteiger partial charge in [0, 0.05) is 36.4 Å². The van der Waals surface area contributed by atoms with Crippen LogP contribution in [0.2, 0.25) is 0 Å². The molecule has 2 aromatic heterocycles. The third-order valence-electron chi connectivity index (χ3n) is 4.30. The lowest BCUT2D eigenvalue weighted by atomic mass is 9.95. The number of aromatic nitrogens is 5. The lowest BCUT2D eigenvalue weighted by Gasteiger charge is -2.08. The van der Waals surface area contributed by atoms with E-state index in [4.69, 9.17) is 0 Å². The average molecular weight is 307 g/mol. The maximum Gasteiger partial charge on any atom is 0.165 e. The number of hydrogen-bond acceptors (Lipinski definition) is 4. The summed E-state index contributed by atoms with van der Waals surface area (Å²) in [4.78, 5) is 12.6. The SMILES string of the molecule is CCc1nnn2c1-c1ccc(-c3cnn(C)c3)cc1C(=O)CC2. The van der Waals surface area contributed by atoms with Crippen molar-refractivity contribution in [1.82, 2.24) is 24.8 Å². The van der Waals surface area contributed by atoms with Gasteiger partial charge in [-0.3, -0.25) is 9.48 Å². The average Bonchev–Trinajstić information content (AvgIpc) is 3.14. The molecule has 0 saturated heterocycles. The summed E-state index contributed by atoms with van der Waals surface area (Å²) in [5.74, 6) is 0.151. The maximum absolute atomic E-state index is 12.6. The van der Waals surface area contributed by atoms with Crippen LogP contribution in [0.25, 0.3) is 22.4 Å². The van der Waals surface area contributed by atoms with E-state index in [1.165, 1.54) is 0 Å². The number of benzene rings is 1. The number of fused-ring (bicyclic) bond motifs is 3. The number of nitrogens with zero attached hydrogens (tertiary/aromatic N) is 5. The number of ketones is 1. The van der Waals surface area contributed by atoms with Gasteiger partial charge >= 0.3 is 0 Å². The first-order valence-electron chi connectivity index (χ1n) is 7.76. The van der Waals surface area contributed by atoms with Gasteiger partial charge in [0.25, 0.3) is 0 Å². The Morgan fingerprint density at radius 1 is 1.22 bits per heavy atom. The monoisotopic (exact) mass is 307 g/mol. The minimum atomic E-state index is 0.151. The summed E-state index contributed by atoms with van der Waals surface area (Å²) >= 11 is 0. The number of carbonyl (C=O) groups excluding carboxylic acids is 1. The van der Waals surface area contributed by atoms with Crippen LogP contribution in [-0.4, -0.2) is 30.6 Å². The van der Waals surface area contributed by atoms with Crippen molar-refractivity contribution >= 4 is 5.78 Å². The fourth-order valence-corrected chi connectivity index (χ4v) is 3.11. The van der Waals surface area contributed by atoms with E-state index in [2.05, 4.69) is 22.3 Å². The van der Waals surface area contributed by atoms with Crippen LogP contribution in [0.4, 0.5) is 0 Å². The van der Waals surface area contributed by atoms with Crippen molar-refractivity contribution in [2.24, 2.45) is 7.05 Å². The van der Waals surface area contributed by atoms with Crippen molar-refractivity contribution < 1.29 is 4.79 Å². The lowest BCUT2D eigenvalue weighted by molar-refractivity contribution is 0.0978. The van der Waals surface area contributed by atoms with Crippen molar-refractivity contribution in [2.45, 2.75) is 26.3 Å². The predicted molar refractivity (Wildman–Crippen MR) is 86.0 cm³/mol. The molecule has 0 radical (unpaired) electrons. The largest absolute Gasteiger partial charge is 0.294 e. The Balaban J connectivity index is 1.92. The summed E-state index contributed by atoms with van der Waals surface area (Å²) in [6, 6.07) is 6.01. The van der Waals surface area contributed by atoms with E-state index in [-0.39, 0.29) is 5.78 Å². The van der Waals surface area contributed by atoms with E-state index in [1.54, 1.807) is 4.68 Å². The molecule has 0 saturated carbocycles. The molecule has 6 heteroatoms. The predicted octanol–water partition coefficient (Wildman–Crippen LogP) is 2.49. The highest BCUT2D eigenvalue weighted by molar-refractivity contribution is 6.04. The van der Waals surface area contributed by atoms with E-state index in [0.29, 0.717) is 13.0 Å². The number of rotatable bonds is 2. The number of aryl methyl sites for hydroxylation is 3. The lowest BCUT2D eigenvalue weighted by Crippen LogP contribution is -2.03. The molecule has 0 unspecified atom stereocenters. The Kier molecular flexibility index (Phi) is 3.11. The van der Waals surface area contributed by atoms with Crippen LogP contribution >= 0.6 is 0 Å². The van der Waals surface area contributed by atoms with Gasteiger partial charge in [0.15, 0.2) is 5.78 Å². The number of hydrogen-bond donors (Lipinski definition) is 0. The molecule has 23 heavy (non-hydrogen) atoms. The van der Waals surface area contributed by atoms with Gasteiger partial charge in [-0.1, -0.05) is 24.3 Å². The minimum Gasteiger partial charge on any atom is -0.294 e. The highest BCUT2D eigenvalue weighted by Gasteiger charge is 2.24. The Bertz CT molecular complexity index is 906. The summed E-state index contributed by atoms with van der Waals surface area (Å²) in [7, 11) is 1.88. The van der Waals surface area contributed by atoms with Crippen molar-refractivity contribution in [1.29, 1.82) is 0 Å². The second-order valence-corrected chi connectivity index (χ2v) is 5.80. The highest BCUT2D eigenvalue weighted by atomic mass is 16.1. The molecule has 0 fully saturated rings. The van der Waals surface area contributed by atoms with Crippen molar-refractivity contribution in [3.05, 3.63) is 41.9 Å². The molecule has 3 aromatic rings. The maximum atomic E-state index is 12.6. The minimum absolute atomic E-state index is 0.151. The molecule has 0 amide bonds. The van der Waals surface area contributed by atoms with Crippen molar-refractivity contribution in [3.63, 3.8) is 0 Å². The molecule has 1 aromatic carbocycles. The molecule has 0 bridgehead atoms. The van der Waals surface area contributed by atoms with Crippen LogP contribution in [0.1, 0.15) is 29.4 Å². The summed E-state index contributed by atoms with van der Waals surface area (Å²) < 4.78 is 3.61. The smallest absolute Gasteiger partial charge is 0.165 e. The molecule has 116 valence electrons. The summed E-state index contributed by atoms with van der Waals surface area (Å²) in [5, 5.41) is 12.7. The fourth-order valence-electron chi connectivity index (χ4n) is 3.11. The van der Waals surface area contributed by atoms with Gasteiger partial charge in [-0.2, -0.15) is 5.10 Å². The van der Waals surface area contributed by atoms with Gasteiger partial charge < -0.3 is 0 Å². The fraction of sp³-hybridized carbons (Fsp3) is 0.294. The van der Waals surface area contributed by atoms with Crippen molar-refractivity contribution in [2.75, 3.05) is 0 Å². The van der Waals surface area contributed by atoms with Gasteiger partial charge in [-0.05, 0) is 18.1 Å². The molecule has 3 heterocycles. The molecule has 0 N–H and O–H groups in total. The third-order valence-corrected chi connectivity index (χ3v) is 4.30. The van der Waals surface area contributed by atoms with E-state index in [1.807, 2.05) is 42.3 Å². The third kappa shape index (κ3) is 2.18. The number of carbonyl (C=O) groups is 1. The number of Topliss-reactive ketones (excluding diaryl/α,β-unsaturated/α-hetero) is 1. The van der Waals surface area contributed by atoms with Crippen LogP contribution in [0.5, 0.6) is 0 Å². The molecule has 1 aliphatic heterocycles. The molecule has 0 aliphatic carbocycles. The zero-order chi connectivity index (χ0) is 16.0.